The number of nitrogens with one attached hydrogen (secondary N) is 1. The van der Waals surface area contributed by atoms with Gasteiger partial charge in [0.05, 0.1) is 12.3 Å². The van der Waals surface area contributed by atoms with Gasteiger partial charge in [-0.15, -0.1) is 0 Å². The first-order chi connectivity index (χ1) is 8.22. The molecule has 1 heterocycles. The van der Waals surface area contributed by atoms with Gasteiger partial charge in [0, 0.05) is 37.0 Å². The zero-order valence-electron chi connectivity index (χ0n) is 11.0. The first-order valence-electron chi connectivity index (χ1n) is 6.62. The smallest absolute Gasteiger partial charge is 0.0604 e. The van der Waals surface area contributed by atoms with Crippen LogP contribution in [0, 0.1) is 0 Å². The number of aromatic nitrogens is 2. The van der Waals surface area contributed by atoms with E-state index < -0.39 is 0 Å². The van der Waals surface area contributed by atoms with Gasteiger partial charge in [-0.05, 0) is 33.6 Å². The molecule has 17 heavy (non-hydrogen) atoms. The maximum Gasteiger partial charge on any atom is 0.0604 e. The number of nitrogens with zero attached hydrogens (tertiary/aromatic N) is 2. The highest BCUT2D eigenvalue weighted by Crippen LogP contribution is 2.26. The Labute approximate surface area is 103 Å². The quantitative estimate of drug-likeness (QED) is 0.823. The van der Waals surface area contributed by atoms with Crippen LogP contribution in [-0.2, 0) is 11.3 Å². The molecule has 1 aliphatic carbocycles. The Hall–Kier alpha value is -0.870. The summed E-state index contributed by atoms with van der Waals surface area (Å²) in [5, 5.41) is 7.93. The van der Waals surface area contributed by atoms with Crippen LogP contribution in [0.4, 0.5) is 0 Å². The zero-order chi connectivity index (χ0) is 12.3. The van der Waals surface area contributed by atoms with Crippen molar-refractivity contribution < 1.29 is 4.74 Å². The Bertz CT molecular complexity index is 344. The topological polar surface area (TPSA) is 39.1 Å². The fourth-order valence-corrected chi connectivity index (χ4v) is 2.30. The van der Waals surface area contributed by atoms with E-state index in [0.29, 0.717) is 18.2 Å². The summed E-state index contributed by atoms with van der Waals surface area (Å²) in [5.41, 5.74) is 1.27. The molecule has 0 aliphatic heterocycles. The van der Waals surface area contributed by atoms with Gasteiger partial charge in [0.15, 0.2) is 0 Å². The highest BCUT2D eigenvalue weighted by atomic mass is 16.5. The van der Waals surface area contributed by atoms with Gasteiger partial charge in [0.25, 0.3) is 0 Å². The molecule has 1 atom stereocenters. The van der Waals surface area contributed by atoms with E-state index in [9.17, 15) is 0 Å². The highest BCUT2D eigenvalue weighted by molar-refractivity contribution is 5.10. The Morgan fingerprint density at radius 3 is 2.88 bits per heavy atom. The van der Waals surface area contributed by atoms with Crippen LogP contribution < -0.4 is 5.32 Å². The van der Waals surface area contributed by atoms with Crippen molar-refractivity contribution in [3.63, 3.8) is 0 Å². The second-order valence-electron chi connectivity index (χ2n) is 4.76. The lowest BCUT2D eigenvalue weighted by Gasteiger charge is -2.37. The predicted octanol–water partition coefficient (Wildman–Crippen LogP) is 2.12. The molecular weight excluding hydrogens is 214 g/mol. The van der Waals surface area contributed by atoms with Crippen molar-refractivity contribution in [1.82, 2.24) is 15.1 Å². The molecule has 1 unspecified atom stereocenters. The molecule has 1 N–H and O–H groups in total. The molecule has 0 radical (unpaired) electrons. The first kappa shape index (κ1) is 12.6. The predicted molar refractivity (Wildman–Crippen MR) is 67.9 cm³/mol. The van der Waals surface area contributed by atoms with E-state index in [1.54, 1.807) is 0 Å². The Morgan fingerprint density at radius 1 is 1.53 bits per heavy atom. The van der Waals surface area contributed by atoms with Gasteiger partial charge < -0.3 is 10.1 Å². The monoisotopic (exact) mass is 237 g/mol. The number of hydrogen-bond donors (Lipinski definition) is 1. The largest absolute Gasteiger partial charge is 0.378 e. The van der Waals surface area contributed by atoms with Gasteiger partial charge in [-0.25, -0.2) is 0 Å². The zero-order valence-corrected chi connectivity index (χ0v) is 11.0. The molecule has 0 bridgehead atoms. The summed E-state index contributed by atoms with van der Waals surface area (Å²) in [6.45, 7) is 8.12. The molecular formula is C13H23N3O. The third kappa shape index (κ3) is 3.07. The number of rotatable bonds is 6. The van der Waals surface area contributed by atoms with Crippen molar-refractivity contribution in [2.45, 2.75) is 58.3 Å². The fourth-order valence-electron chi connectivity index (χ4n) is 2.30. The molecule has 0 aromatic carbocycles. The van der Waals surface area contributed by atoms with Crippen LogP contribution in [-0.4, -0.2) is 28.5 Å². The number of aryl methyl sites for hydroxylation is 1. The van der Waals surface area contributed by atoms with E-state index in [0.717, 1.165) is 26.0 Å². The van der Waals surface area contributed by atoms with Crippen molar-refractivity contribution in [2.24, 2.45) is 0 Å². The van der Waals surface area contributed by atoms with Gasteiger partial charge >= 0.3 is 0 Å². The lowest BCUT2D eigenvalue weighted by molar-refractivity contribution is -0.0120. The molecule has 2 rings (SSSR count). The van der Waals surface area contributed by atoms with E-state index in [1.165, 1.54) is 5.56 Å². The van der Waals surface area contributed by atoms with Crippen molar-refractivity contribution in [2.75, 3.05) is 6.61 Å². The van der Waals surface area contributed by atoms with E-state index in [4.69, 9.17) is 4.74 Å². The number of ether oxygens (including phenoxy) is 1. The molecule has 4 nitrogen and oxygen atoms in total. The SMILES string of the molecule is CCOC1CC(NC(C)c2cnn(CC)c2)C1. The summed E-state index contributed by atoms with van der Waals surface area (Å²) in [7, 11) is 0. The minimum absolute atomic E-state index is 0.378. The first-order valence-corrected chi connectivity index (χ1v) is 6.62. The summed E-state index contributed by atoms with van der Waals surface area (Å²) >= 11 is 0. The lowest BCUT2D eigenvalue weighted by Crippen LogP contribution is -2.46. The van der Waals surface area contributed by atoms with Crippen LogP contribution in [0.25, 0.3) is 0 Å². The van der Waals surface area contributed by atoms with Crippen LogP contribution in [0.3, 0.4) is 0 Å². The highest BCUT2D eigenvalue weighted by Gasteiger charge is 2.30. The molecule has 1 aromatic rings. The van der Waals surface area contributed by atoms with Crippen LogP contribution >= 0.6 is 0 Å². The minimum atomic E-state index is 0.378. The Kier molecular flexibility index (Phi) is 4.18. The molecule has 1 aromatic heterocycles. The summed E-state index contributed by atoms with van der Waals surface area (Å²) in [6, 6.07) is 0.981. The molecule has 0 spiro atoms. The Morgan fingerprint density at radius 2 is 2.29 bits per heavy atom. The third-order valence-corrected chi connectivity index (χ3v) is 3.46. The maximum absolute atomic E-state index is 5.56. The fraction of sp³-hybridized carbons (Fsp3) is 0.769. The average molecular weight is 237 g/mol. The van der Waals surface area contributed by atoms with E-state index >= 15 is 0 Å². The van der Waals surface area contributed by atoms with E-state index in [-0.39, 0.29) is 0 Å². The standard InChI is InChI=1S/C13H23N3O/c1-4-16-9-11(8-14-16)10(3)15-12-6-13(7-12)17-5-2/h8-10,12-13,15H,4-7H2,1-3H3. The Balaban J connectivity index is 1.76. The normalized spacial score (nSPS) is 25.6. The van der Waals surface area contributed by atoms with Crippen LogP contribution in [0.1, 0.15) is 45.2 Å². The maximum atomic E-state index is 5.56. The molecule has 0 saturated heterocycles. The molecule has 0 amide bonds. The lowest BCUT2D eigenvalue weighted by atomic mass is 9.88. The summed E-state index contributed by atoms with van der Waals surface area (Å²) < 4.78 is 7.53. The summed E-state index contributed by atoms with van der Waals surface area (Å²) in [4.78, 5) is 0. The van der Waals surface area contributed by atoms with Crippen molar-refractivity contribution in [3.05, 3.63) is 18.0 Å². The molecule has 1 aliphatic rings. The van der Waals surface area contributed by atoms with Gasteiger partial charge in [-0.2, -0.15) is 5.10 Å². The van der Waals surface area contributed by atoms with E-state index in [2.05, 4.69) is 37.4 Å². The molecule has 4 heteroatoms. The second kappa shape index (κ2) is 5.65. The second-order valence-corrected chi connectivity index (χ2v) is 4.76. The molecule has 96 valence electrons. The summed E-state index contributed by atoms with van der Waals surface area (Å²) in [5.74, 6) is 0. The minimum Gasteiger partial charge on any atom is -0.378 e. The van der Waals surface area contributed by atoms with Gasteiger partial charge in [0.2, 0.25) is 0 Å². The van der Waals surface area contributed by atoms with Crippen molar-refractivity contribution >= 4 is 0 Å². The summed E-state index contributed by atoms with van der Waals surface area (Å²) in [6.07, 6.45) is 6.83. The number of hydrogen-bond acceptors (Lipinski definition) is 3. The van der Waals surface area contributed by atoms with Crippen molar-refractivity contribution in [3.8, 4) is 0 Å². The molecule has 1 saturated carbocycles. The van der Waals surface area contributed by atoms with Crippen molar-refractivity contribution in [1.29, 1.82) is 0 Å². The average Bonchev–Trinajstić information content (AvgIpc) is 2.74. The molecule has 1 fully saturated rings. The van der Waals surface area contributed by atoms with E-state index in [1.807, 2.05) is 10.9 Å². The van der Waals surface area contributed by atoms with Crippen LogP contribution in [0.2, 0.25) is 0 Å². The van der Waals surface area contributed by atoms with Crippen LogP contribution in [0.15, 0.2) is 12.4 Å². The third-order valence-electron chi connectivity index (χ3n) is 3.46. The van der Waals surface area contributed by atoms with Crippen LogP contribution in [0.5, 0.6) is 0 Å². The van der Waals surface area contributed by atoms with Gasteiger partial charge in [-0.1, -0.05) is 0 Å². The van der Waals surface area contributed by atoms with Gasteiger partial charge in [0.1, 0.15) is 0 Å². The van der Waals surface area contributed by atoms with Gasteiger partial charge in [-0.3, -0.25) is 4.68 Å².